The molecular formula is C27H34Cl3NO4. The summed E-state index contributed by atoms with van der Waals surface area (Å²) in [6.45, 7) is 5.83. The van der Waals surface area contributed by atoms with Crippen molar-refractivity contribution in [3.05, 3.63) is 68.2 Å². The van der Waals surface area contributed by atoms with Crippen LogP contribution in [0, 0.1) is 0 Å². The number of esters is 1. The molecule has 3 rings (SSSR count). The van der Waals surface area contributed by atoms with Gasteiger partial charge in [0.15, 0.2) is 0 Å². The van der Waals surface area contributed by atoms with E-state index in [-0.39, 0.29) is 25.1 Å². The number of carbonyl (C=O) groups is 1. The molecule has 3 atom stereocenters. The maximum Gasteiger partial charge on any atom is 0.306 e. The van der Waals surface area contributed by atoms with Gasteiger partial charge in [0.1, 0.15) is 0 Å². The molecule has 0 unspecified atom stereocenters. The summed E-state index contributed by atoms with van der Waals surface area (Å²) in [4.78, 5) is 14.1. The minimum atomic E-state index is -0.609. The van der Waals surface area contributed by atoms with E-state index in [2.05, 4.69) is 4.90 Å². The third kappa shape index (κ3) is 8.63. The van der Waals surface area contributed by atoms with Crippen LogP contribution in [0.4, 0.5) is 0 Å². The quantitative estimate of drug-likeness (QED) is 0.320. The molecule has 8 heteroatoms. The van der Waals surface area contributed by atoms with Crippen molar-refractivity contribution < 1.29 is 19.4 Å². The van der Waals surface area contributed by atoms with Gasteiger partial charge >= 0.3 is 5.97 Å². The van der Waals surface area contributed by atoms with E-state index in [1.54, 1.807) is 6.92 Å². The summed E-state index contributed by atoms with van der Waals surface area (Å²) in [5.41, 5.74) is 3.06. The second-order valence-electron chi connectivity index (χ2n) is 9.02. The lowest BCUT2D eigenvalue weighted by molar-refractivity contribution is -0.143. The van der Waals surface area contributed by atoms with E-state index in [9.17, 15) is 9.90 Å². The third-order valence-electron chi connectivity index (χ3n) is 6.39. The number of likely N-dealkylation sites (tertiary alicyclic amines) is 1. The number of hydrogen-bond acceptors (Lipinski definition) is 5. The second kappa shape index (κ2) is 13.8. The van der Waals surface area contributed by atoms with Gasteiger partial charge in [-0.3, -0.25) is 9.69 Å². The van der Waals surface area contributed by atoms with E-state index >= 15 is 0 Å². The molecule has 1 aliphatic heterocycles. The van der Waals surface area contributed by atoms with Gasteiger partial charge in [-0.05, 0) is 87.0 Å². The summed E-state index contributed by atoms with van der Waals surface area (Å²) < 4.78 is 11.1. The van der Waals surface area contributed by atoms with Crippen LogP contribution in [0.3, 0.4) is 0 Å². The Labute approximate surface area is 223 Å². The molecule has 0 radical (unpaired) electrons. The number of rotatable bonds is 12. The first-order chi connectivity index (χ1) is 16.8. The molecule has 0 bridgehead atoms. The SMILES string of the molecule is CCOC(=O)CCc1cc(Cl)ccc1[C@@H](C)OC[C@H](O)CN1CCC[C@H]1Cc1ccc(Cl)c(Cl)c1. The molecule has 192 valence electrons. The van der Waals surface area contributed by atoms with Crippen molar-refractivity contribution in [1.82, 2.24) is 4.90 Å². The molecule has 2 aromatic carbocycles. The van der Waals surface area contributed by atoms with Crippen LogP contribution in [0.15, 0.2) is 36.4 Å². The number of hydrogen-bond donors (Lipinski definition) is 1. The highest BCUT2D eigenvalue weighted by Crippen LogP contribution is 2.28. The van der Waals surface area contributed by atoms with Gasteiger partial charge in [0.2, 0.25) is 0 Å². The van der Waals surface area contributed by atoms with Crippen molar-refractivity contribution in [1.29, 1.82) is 0 Å². The number of carbonyl (C=O) groups excluding carboxylic acids is 1. The molecule has 5 nitrogen and oxygen atoms in total. The van der Waals surface area contributed by atoms with Gasteiger partial charge in [0.25, 0.3) is 0 Å². The first kappa shape index (κ1) is 28.2. The first-order valence-electron chi connectivity index (χ1n) is 12.2. The molecule has 2 aromatic rings. The maximum absolute atomic E-state index is 11.8. The van der Waals surface area contributed by atoms with Gasteiger partial charge in [-0.2, -0.15) is 0 Å². The summed E-state index contributed by atoms with van der Waals surface area (Å²) in [5.74, 6) is -0.233. The fourth-order valence-electron chi connectivity index (χ4n) is 4.63. The molecule has 1 saturated heterocycles. The van der Waals surface area contributed by atoms with Crippen LogP contribution in [0.1, 0.15) is 55.9 Å². The van der Waals surface area contributed by atoms with Gasteiger partial charge in [0, 0.05) is 24.0 Å². The van der Waals surface area contributed by atoms with Gasteiger partial charge in [-0.25, -0.2) is 0 Å². The van der Waals surface area contributed by atoms with E-state index in [0.29, 0.717) is 40.7 Å². The Bertz CT molecular complexity index is 987. The summed E-state index contributed by atoms with van der Waals surface area (Å²) in [7, 11) is 0. The summed E-state index contributed by atoms with van der Waals surface area (Å²) in [6.07, 6.45) is 3.01. The molecule has 1 fully saturated rings. The topological polar surface area (TPSA) is 59.0 Å². The Morgan fingerprint density at radius 1 is 1.17 bits per heavy atom. The number of β-amino-alcohol motifs (C(OH)–C–C–N with tert-alkyl or cyclic N) is 1. The zero-order chi connectivity index (χ0) is 25.4. The molecule has 0 aliphatic carbocycles. The Hall–Kier alpha value is -1.34. The van der Waals surface area contributed by atoms with Crippen LogP contribution in [-0.2, 0) is 27.1 Å². The van der Waals surface area contributed by atoms with Crippen LogP contribution >= 0.6 is 34.8 Å². The zero-order valence-corrected chi connectivity index (χ0v) is 22.6. The molecule has 0 saturated carbocycles. The normalized spacial score (nSPS) is 17.9. The van der Waals surface area contributed by atoms with Gasteiger partial charge < -0.3 is 14.6 Å². The Morgan fingerprint density at radius 3 is 2.71 bits per heavy atom. The molecule has 0 amide bonds. The van der Waals surface area contributed by atoms with Crippen molar-refractivity contribution >= 4 is 40.8 Å². The number of halogens is 3. The molecule has 0 spiro atoms. The third-order valence-corrected chi connectivity index (χ3v) is 7.36. The number of benzene rings is 2. The standard InChI is InChI=1S/C27H34Cl3NO4/c1-3-34-27(33)11-7-20-15-21(28)8-9-24(20)18(2)35-17-23(32)16-31-12-4-5-22(31)13-19-6-10-25(29)26(30)14-19/h6,8-10,14-15,18,22-23,32H,3-5,7,11-13,16-17H2,1-2H3/t18-,22+,23-/m1/s1. The van der Waals surface area contributed by atoms with Gasteiger partial charge in [-0.1, -0.05) is 46.9 Å². The van der Waals surface area contributed by atoms with Crippen LogP contribution < -0.4 is 0 Å². The van der Waals surface area contributed by atoms with E-state index in [0.717, 1.165) is 42.5 Å². The smallest absolute Gasteiger partial charge is 0.306 e. The average Bonchev–Trinajstić information content (AvgIpc) is 3.25. The molecule has 1 aliphatic rings. The lowest BCUT2D eigenvalue weighted by Gasteiger charge is -2.28. The Morgan fingerprint density at radius 2 is 1.97 bits per heavy atom. The van der Waals surface area contributed by atoms with E-state index in [1.165, 1.54) is 0 Å². The van der Waals surface area contributed by atoms with E-state index in [4.69, 9.17) is 44.3 Å². The lowest BCUT2D eigenvalue weighted by Crippen LogP contribution is -2.39. The highest BCUT2D eigenvalue weighted by molar-refractivity contribution is 6.42. The summed E-state index contributed by atoms with van der Waals surface area (Å²) in [5, 5.41) is 12.5. The fraction of sp³-hybridized carbons (Fsp3) is 0.519. The highest BCUT2D eigenvalue weighted by Gasteiger charge is 2.27. The Kier molecular flexibility index (Phi) is 11.2. The molecule has 1 N–H and O–H groups in total. The highest BCUT2D eigenvalue weighted by atomic mass is 35.5. The van der Waals surface area contributed by atoms with Crippen molar-refractivity contribution in [3.63, 3.8) is 0 Å². The van der Waals surface area contributed by atoms with Crippen molar-refractivity contribution in [2.75, 3.05) is 26.3 Å². The summed E-state index contributed by atoms with van der Waals surface area (Å²) >= 11 is 18.4. The average molecular weight is 543 g/mol. The largest absolute Gasteiger partial charge is 0.466 e. The number of nitrogens with zero attached hydrogens (tertiary/aromatic N) is 1. The van der Waals surface area contributed by atoms with E-state index < -0.39 is 6.10 Å². The number of aliphatic hydroxyl groups is 1. The first-order valence-corrected chi connectivity index (χ1v) is 13.3. The van der Waals surface area contributed by atoms with E-state index in [1.807, 2.05) is 43.3 Å². The summed E-state index contributed by atoms with van der Waals surface area (Å²) in [6, 6.07) is 11.7. The van der Waals surface area contributed by atoms with Gasteiger partial charge in [0.05, 0.1) is 35.5 Å². The lowest BCUT2D eigenvalue weighted by atomic mass is 9.99. The Balaban J connectivity index is 1.53. The molecular weight excluding hydrogens is 509 g/mol. The molecule has 35 heavy (non-hydrogen) atoms. The fourth-order valence-corrected chi connectivity index (χ4v) is 5.15. The van der Waals surface area contributed by atoms with Crippen molar-refractivity contribution in [2.24, 2.45) is 0 Å². The zero-order valence-electron chi connectivity index (χ0n) is 20.3. The van der Waals surface area contributed by atoms with Crippen molar-refractivity contribution in [3.8, 4) is 0 Å². The molecule has 1 heterocycles. The number of ether oxygens (including phenoxy) is 2. The monoisotopic (exact) mass is 541 g/mol. The number of aryl methyl sites for hydroxylation is 1. The van der Waals surface area contributed by atoms with Crippen molar-refractivity contribution in [2.45, 2.75) is 64.2 Å². The second-order valence-corrected chi connectivity index (χ2v) is 10.3. The minimum absolute atomic E-state index is 0.219. The predicted octanol–water partition coefficient (Wildman–Crippen LogP) is 6.29. The van der Waals surface area contributed by atoms with Crippen LogP contribution in [-0.4, -0.2) is 54.4 Å². The predicted molar refractivity (Wildman–Crippen MR) is 142 cm³/mol. The number of aliphatic hydroxyl groups excluding tert-OH is 1. The van der Waals surface area contributed by atoms with Crippen LogP contribution in [0.5, 0.6) is 0 Å². The molecule has 0 aromatic heterocycles. The maximum atomic E-state index is 11.8. The van der Waals surface area contributed by atoms with Crippen LogP contribution in [0.25, 0.3) is 0 Å². The minimum Gasteiger partial charge on any atom is -0.466 e. The van der Waals surface area contributed by atoms with Gasteiger partial charge in [-0.15, -0.1) is 0 Å². The van der Waals surface area contributed by atoms with Crippen LogP contribution in [0.2, 0.25) is 15.1 Å².